The van der Waals surface area contributed by atoms with Crippen molar-refractivity contribution in [2.45, 2.75) is 32.1 Å². The van der Waals surface area contributed by atoms with Crippen molar-refractivity contribution in [3.63, 3.8) is 0 Å². The molecule has 0 saturated heterocycles. The molecule has 7 heteroatoms. The first-order valence-corrected chi connectivity index (χ1v) is 8.53. The summed E-state index contributed by atoms with van der Waals surface area (Å²) in [6.07, 6.45) is 2.38. The van der Waals surface area contributed by atoms with Gasteiger partial charge in [-0.3, -0.25) is 0 Å². The third-order valence-corrected chi connectivity index (χ3v) is 4.37. The molecule has 0 spiro atoms. The van der Waals surface area contributed by atoms with Crippen LogP contribution in [0.4, 0.5) is 5.82 Å². The number of hydrogen-bond acceptors (Lipinski definition) is 4. The minimum Gasteiger partial charge on any atom is -0.369 e. The van der Waals surface area contributed by atoms with Crippen LogP contribution in [0.25, 0.3) is 0 Å². The number of nitrogens with zero attached hydrogens (tertiary/aromatic N) is 1. The molecule has 19 heavy (non-hydrogen) atoms. The van der Waals surface area contributed by atoms with Crippen LogP contribution in [0.1, 0.15) is 27.2 Å². The maximum Gasteiger partial charge on any atom is 0.244 e. The Kier molecular flexibility index (Phi) is 6.22. The first kappa shape index (κ1) is 16.4. The number of pyridine rings is 1. The van der Waals surface area contributed by atoms with Gasteiger partial charge in [0.1, 0.15) is 10.7 Å². The fourth-order valence-corrected chi connectivity index (χ4v) is 3.17. The number of rotatable bonds is 7. The van der Waals surface area contributed by atoms with Gasteiger partial charge in [0.05, 0.1) is 0 Å². The Hall–Kier alpha value is -0.660. The van der Waals surface area contributed by atoms with Crippen molar-refractivity contribution in [3.8, 4) is 0 Å². The van der Waals surface area contributed by atoms with Gasteiger partial charge in [-0.1, -0.05) is 13.8 Å². The van der Waals surface area contributed by atoms with E-state index in [0.717, 1.165) is 6.42 Å². The van der Waals surface area contributed by atoms with Crippen LogP contribution in [-0.2, 0) is 10.0 Å². The molecule has 1 heterocycles. The van der Waals surface area contributed by atoms with E-state index in [1.807, 2.05) is 6.92 Å². The second kappa shape index (κ2) is 7.21. The van der Waals surface area contributed by atoms with Gasteiger partial charge in [0.25, 0.3) is 0 Å². The molecule has 0 bridgehead atoms. The van der Waals surface area contributed by atoms with Crippen LogP contribution in [0.2, 0.25) is 0 Å². The zero-order chi connectivity index (χ0) is 14.5. The molecule has 0 unspecified atom stereocenters. The lowest BCUT2D eigenvalue weighted by Crippen LogP contribution is -2.26. The van der Waals surface area contributed by atoms with Gasteiger partial charge in [-0.25, -0.2) is 18.1 Å². The lowest BCUT2D eigenvalue weighted by molar-refractivity contribution is 0.551. The summed E-state index contributed by atoms with van der Waals surface area (Å²) < 4.78 is 27.7. The Bertz CT molecular complexity index is 518. The number of anilines is 1. The van der Waals surface area contributed by atoms with Gasteiger partial charge in [-0.15, -0.1) is 0 Å². The van der Waals surface area contributed by atoms with Crippen LogP contribution in [0, 0.1) is 5.92 Å². The average Bonchev–Trinajstić information content (AvgIpc) is 2.31. The maximum absolute atomic E-state index is 12.2. The third-order valence-electron chi connectivity index (χ3n) is 2.47. The van der Waals surface area contributed by atoms with Crippen LogP contribution in [0.5, 0.6) is 0 Å². The molecule has 1 aromatic heterocycles. The number of sulfonamides is 1. The highest BCUT2D eigenvalue weighted by Gasteiger charge is 2.19. The molecular formula is C12H20BrN3O2S. The van der Waals surface area contributed by atoms with Crippen molar-refractivity contribution in [1.82, 2.24) is 9.71 Å². The Labute approximate surface area is 123 Å². The SMILES string of the molecule is CCNc1ncc(Br)cc1S(=O)(=O)NCCC(C)C. The Balaban J connectivity index is 2.95. The van der Waals surface area contributed by atoms with E-state index in [0.29, 0.717) is 29.3 Å². The molecule has 0 aromatic carbocycles. The molecular weight excluding hydrogens is 330 g/mol. The van der Waals surface area contributed by atoms with Crippen molar-refractivity contribution in [2.24, 2.45) is 5.92 Å². The lowest BCUT2D eigenvalue weighted by Gasteiger charge is -2.12. The summed E-state index contributed by atoms with van der Waals surface area (Å²) in [5.41, 5.74) is 0. The largest absolute Gasteiger partial charge is 0.369 e. The molecule has 0 saturated carbocycles. The van der Waals surface area contributed by atoms with Gasteiger partial charge >= 0.3 is 0 Å². The Morgan fingerprint density at radius 1 is 1.42 bits per heavy atom. The Morgan fingerprint density at radius 2 is 2.11 bits per heavy atom. The molecule has 0 amide bonds. The van der Waals surface area contributed by atoms with Crippen molar-refractivity contribution in [1.29, 1.82) is 0 Å². The van der Waals surface area contributed by atoms with Crippen molar-refractivity contribution in [3.05, 3.63) is 16.7 Å². The van der Waals surface area contributed by atoms with Gasteiger partial charge < -0.3 is 5.32 Å². The van der Waals surface area contributed by atoms with Crippen LogP contribution in [0.3, 0.4) is 0 Å². The van der Waals surface area contributed by atoms with Crippen LogP contribution in [-0.4, -0.2) is 26.5 Å². The summed E-state index contributed by atoms with van der Waals surface area (Å²) in [6, 6.07) is 1.56. The number of nitrogens with one attached hydrogen (secondary N) is 2. The maximum atomic E-state index is 12.2. The highest BCUT2D eigenvalue weighted by Crippen LogP contribution is 2.22. The minimum absolute atomic E-state index is 0.174. The normalized spacial score (nSPS) is 11.8. The van der Waals surface area contributed by atoms with Crippen LogP contribution in [0.15, 0.2) is 21.6 Å². The van der Waals surface area contributed by atoms with Gasteiger partial charge in [-0.05, 0) is 41.3 Å². The third kappa shape index (κ3) is 5.08. The molecule has 0 atom stereocenters. The van der Waals surface area contributed by atoms with Crippen molar-refractivity contribution < 1.29 is 8.42 Å². The quantitative estimate of drug-likeness (QED) is 0.793. The number of hydrogen-bond donors (Lipinski definition) is 2. The second-order valence-electron chi connectivity index (χ2n) is 4.61. The average molecular weight is 350 g/mol. The topological polar surface area (TPSA) is 71.1 Å². The van der Waals surface area contributed by atoms with Crippen LogP contribution < -0.4 is 10.0 Å². The molecule has 0 radical (unpaired) electrons. The van der Waals surface area contributed by atoms with E-state index in [1.54, 1.807) is 12.3 Å². The zero-order valence-electron chi connectivity index (χ0n) is 11.4. The van der Waals surface area contributed by atoms with Crippen LogP contribution >= 0.6 is 15.9 Å². The number of aromatic nitrogens is 1. The molecule has 2 N–H and O–H groups in total. The van der Waals surface area contributed by atoms with E-state index in [-0.39, 0.29) is 4.90 Å². The van der Waals surface area contributed by atoms with E-state index < -0.39 is 10.0 Å². The molecule has 5 nitrogen and oxygen atoms in total. The molecule has 1 aromatic rings. The summed E-state index contributed by atoms with van der Waals surface area (Å²) in [5, 5.41) is 2.96. The minimum atomic E-state index is -3.54. The molecule has 1 rings (SSSR count). The molecule has 0 fully saturated rings. The highest BCUT2D eigenvalue weighted by molar-refractivity contribution is 9.10. The molecule has 0 aliphatic carbocycles. The first-order valence-electron chi connectivity index (χ1n) is 6.26. The fourth-order valence-electron chi connectivity index (χ4n) is 1.49. The predicted molar refractivity (Wildman–Crippen MR) is 80.7 cm³/mol. The van der Waals surface area contributed by atoms with Gasteiger partial charge in [-0.2, -0.15) is 0 Å². The van der Waals surface area contributed by atoms with Gasteiger partial charge in [0.15, 0.2) is 0 Å². The molecule has 0 aliphatic heterocycles. The summed E-state index contributed by atoms with van der Waals surface area (Å²) in [5.74, 6) is 0.833. The number of halogens is 1. The summed E-state index contributed by atoms with van der Waals surface area (Å²) in [7, 11) is -3.54. The summed E-state index contributed by atoms with van der Waals surface area (Å²) in [6.45, 7) is 7.05. The van der Waals surface area contributed by atoms with E-state index in [2.05, 4.69) is 44.8 Å². The van der Waals surface area contributed by atoms with E-state index in [9.17, 15) is 8.42 Å². The highest BCUT2D eigenvalue weighted by atomic mass is 79.9. The van der Waals surface area contributed by atoms with Gasteiger partial charge in [0, 0.05) is 23.8 Å². The summed E-state index contributed by atoms with van der Waals surface area (Å²) >= 11 is 3.25. The standard InChI is InChI=1S/C12H20BrN3O2S/c1-4-14-12-11(7-10(13)8-15-12)19(17,18)16-6-5-9(2)3/h7-9,16H,4-6H2,1-3H3,(H,14,15). The Morgan fingerprint density at radius 3 is 2.68 bits per heavy atom. The first-order chi connectivity index (χ1) is 8.86. The van der Waals surface area contributed by atoms with Crippen molar-refractivity contribution >= 4 is 31.8 Å². The van der Waals surface area contributed by atoms with Gasteiger partial charge in [0.2, 0.25) is 10.0 Å². The monoisotopic (exact) mass is 349 g/mol. The summed E-state index contributed by atoms with van der Waals surface area (Å²) in [4.78, 5) is 4.27. The van der Waals surface area contributed by atoms with E-state index >= 15 is 0 Å². The molecule has 108 valence electrons. The van der Waals surface area contributed by atoms with Crippen molar-refractivity contribution in [2.75, 3.05) is 18.4 Å². The lowest BCUT2D eigenvalue weighted by atomic mass is 10.1. The second-order valence-corrected chi connectivity index (χ2v) is 7.26. The van der Waals surface area contributed by atoms with E-state index in [4.69, 9.17) is 0 Å². The smallest absolute Gasteiger partial charge is 0.244 e. The fraction of sp³-hybridized carbons (Fsp3) is 0.583. The zero-order valence-corrected chi connectivity index (χ0v) is 13.8. The predicted octanol–water partition coefficient (Wildman–Crippen LogP) is 2.60. The van der Waals surface area contributed by atoms with E-state index in [1.165, 1.54) is 0 Å². The molecule has 0 aliphatic rings.